The molecule has 0 saturated carbocycles. The van der Waals surface area contributed by atoms with E-state index in [0.717, 1.165) is 22.0 Å². The number of thiazole rings is 1. The molecule has 0 fully saturated rings. The zero-order chi connectivity index (χ0) is 22.9. The van der Waals surface area contributed by atoms with Crippen LogP contribution in [0.25, 0.3) is 22.0 Å². The van der Waals surface area contributed by atoms with E-state index < -0.39 is 6.10 Å². The largest absolute Gasteiger partial charge is 0.479 e. The molecule has 2 aromatic heterocycles. The number of ether oxygens (including phenoxy) is 1. The van der Waals surface area contributed by atoms with Crippen molar-refractivity contribution < 1.29 is 14.3 Å². The van der Waals surface area contributed by atoms with Crippen molar-refractivity contribution in [1.29, 1.82) is 0 Å². The third kappa shape index (κ3) is 4.25. The lowest BCUT2D eigenvalue weighted by atomic mass is 10.1. The van der Waals surface area contributed by atoms with E-state index in [4.69, 9.17) is 21.3 Å². The number of amides is 1. The highest BCUT2D eigenvalue weighted by atomic mass is 35.5. The molecule has 2 aromatic carbocycles. The van der Waals surface area contributed by atoms with Crippen molar-refractivity contribution in [3.8, 4) is 27.7 Å². The van der Waals surface area contributed by atoms with E-state index in [1.807, 2.05) is 41.8 Å². The summed E-state index contributed by atoms with van der Waals surface area (Å²) in [5.41, 5.74) is 3.42. The Morgan fingerprint density at radius 2 is 1.94 bits per heavy atom. The smallest absolute Gasteiger partial charge is 0.268 e. The fourth-order valence-electron chi connectivity index (χ4n) is 3.61. The molecule has 1 amide bonds. The van der Waals surface area contributed by atoms with Gasteiger partial charge in [0.1, 0.15) is 10.8 Å². The second-order valence-corrected chi connectivity index (χ2v) is 8.84. The van der Waals surface area contributed by atoms with Crippen molar-refractivity contribution in [2.24, 2.45) is 0 Å². The normalized spacial score (nSPS) is 15.2. The van der Waals surface area contributed by atoms with Gasteiger partial charge in [-0.2, -0.15) is 0 Å². The molecule has 1 unspecified atom stereocenters. The lowest BCUT2D eigenvalue weighted by molar-refractivity contribution is -0.125. The number of aromatic nitrogens is 2. The highest BCUT2D eigenvalue weighted by Crippen LogP contribution is 2.38. The van der Waals surface area contributed by atoms with Crippen molar-refractivity contribution in [3.05, 3.63) is 82.8 Å². The highest BCUT2D eigenvalue weighted by molar-refractivity contribution is 7.13. The quantitative estimate of drug-likeness (QED) is 0.355. The molecule has 1 aliphatic heterocycles. The average Bonchev–Trinajstić information content (AvgIpc) is 3.33. The Labute approximate surface area is 199 Å². The first kappa shape index (κ1) is 21.3. The Morgan fingerprint density at radius 3 is 2.70 bits per heavy atom. The van der Waals surface area contributed by atoms with Crippen LogP contribution in [0.5, 0.6) is 5.75 Å². The third-order valence-corrected chi connectivity index (χ3v) is 6.44. The maximum absolute atomic E-state index is 13.0. The van der Waals surface area contributed by atoms with E-state index >= 15 is 0 Å². The molecule has 1 atom stereocenters. The van der Waals surface area contributed by atoms with Gasteiger partial charge in [0.25, 0.3) is 5.91 Å². The molecule has 5 rings (SSSR count). The first-order valence-electron chi connectivity index (χ1n) is 10.3. The van der Waals surface area contributed by atoms with Gasteiger partial charge in [0, 0.05) is 27.7 Å². The van der Waals surface area contributed by atoms with Crippen molar-refractivity contribution in [2.75, 3.05) is 11.4 Å². The van der Waals surface area contributed by atoms with E-state index in [-0.39, 0.29) is 18.2 Å². The van der Waals surface area contributed by atoms with Crippen LogP contribution in [0.1, 0.15) is 17.3 Å². The Bertz CT molecular complexity index is 1340. The fraction of sp³-hybridized carbons (Fsp3) is 0.120. The standard InChI is InChI=1S/C25H18ClN3O3S/c1-15-25(31)29(13-22(30)16-5-8-18(26)9-6-16)21-12-17(7-10-23(21)32-15)20-14-33-24(28-20)19-4-2-3-11-27-19/h2-12,14-15H,13H2,1H3. The molecule has 3 heterocycles. The number of carbonyl (C=O) groups excluding carboxylic acids is 2. The van der Waals surface area contributed by atoms with Gasteiger partial charge < -0.3 is 4.74 Å². The maximum Gasteiger partial charge on any atom is 0.268 e. The summed E-state index contributed by atoms with van der Waals surface area (Å²) in [6, 6.07) is 17.9. The number of pyridine rings is 1. The lowest BCUT2D eigenvalue weighted by Crippen LogP contribution is -2.46. The van der Waals surface area contributed by atoms with Crippen LogP contribution < -0.4 is 9.64 Å². The number of rotatable bonds is 5. The minimum Gasteiger partial charge on any atom is -0.479 e. The molecule has 0 N–H and O–H groups in total. The number of carbonyl (C=O) groups is 2. The summed E-state index contributed by atoms with van der Waals surface area (Å²) in [4.78, 5) is 36.4. The van der Waals surface area contributed by atoms with Gasteiger partial charge >= 0.3 is 0 Å². The average molecular weight is 476 g/mol. The predicted octanol–water partition coefficient (Wildman–Crippen LogP) is 5.52. The fourth-order valence-corrected chi connectivity index (χ4v) is 4.54. The minimum atomic E-state index is -0.684. The lowest BCUT2D eigenvalue weighted by Gasteiger charge is -2.33. The zero-order valence-electron chi connectivity index (χ0n) is 17.6. The molecule has 8 heteroatoms. The molecule has 0 spiro atoms. The molecule has 164 valence electrons. The van der Waals surface area contributed by atoms with Crippen LogP contribution in [0.15, 0.2) is 72.2 Å². The number of hydrogen-bond acceptors (Lipinski definition) is 6. The molecule has 6 nitrogen and oxygen atoms in total. The molecule has 0 bridgehead atoms. The molecule has 0 aliphatic carbocycles. The highest BCUT2D eigenvalue weighted by Gasteiger charge is 2.33. The summed E-state index contributed by atoms with van der Waals surface area (Å²) in [6.07, 6.45) is 1.05. The molecular weight excluding hydrogens is 458 g/mol. The maximum atomic E-state index is 13.0. The monoisotopic (exact) mass is 475 g/mol. The predicted molar refractivity (Wildman–Crippen MR) is 129 cm³/mol. The number of halogens is 1. The van der Waals surface area contributed by atoms with Gasteiger partial charge in [0.05, 0.1) is 23.6 Å². The first-order chi connectivity index (χ1) is 16.0. The van der Waals surface area contributed by atoms with Crippen LogP contribution in [0.3, 0.4) is 0 Å². The Kier molecular flexibility index (Phi) is 5.66. The van der Waals surface area contributed by atoms with E-state index in [0.29, 0.717) is 22.0 Å². The van der Waals surface area contributed by atoms with Gasteiger partial charge in [-0.25, -0.2) is 4.98 Å². The number of nitrogens with zero attached hydrogens (tertiary/aromatic N) is 3. The third-order valence-electron chi connectivity index (χ3n) is 5.32. The zero-order valence-corrected chi connectivity index (χ0v) is 19.1. The molecule has 0 radical (unpaired) electrons. The van der Waals surface area contributed by atoms with Gasteiger partial charge in [-0.05, 0) is 61.5 Å². The van der Waals surface area contributed by atoms with E-state index in [2.05, 4.69) is 4.98 Å². The first-order valence-corrected chi connectivity index (χ1v) is 11.5. The van der Waals surface area contributed by atoms with Crippen molar-refractivity contribution >= 4 is 40.3 Å². The topological polar surface area (TPSA) is 72.4 Å². The molecule has 1 aliphatic rings. The van der Waals surface area contributed by atoms with E-state index in [1.54, 1.807) is 37.4 Å². The van der Waals surface area contributed by atoms with Gasteiger partial charge in [-0.1, -0.05) is 17.7 Å². The summed E-state index contributed by atoms with van der Waals surface area (Å²) >= 11 is 7.43. The summed E-state index contributed by atoms with van der Waals surface area (Å²) in [5.74, 6) is 0.0981. The van der Waals surface area contributed by atoms with Crippen LogP contribution in [-0.2, 0) is 4.79 Å². The summed E-state index contributed by atoms with van der Waals surface area (Å²) in [5, 5.41) is 3.30. The summed E-state index contributed by atoms with van der Waals surface area (Å²) in [6.45, 7) is 1.58. The number of Topliss-reactive ketones (excluding diaryl/α,β-unsaturated/α-hetero) is 1. The van der Waals surface area contributed by atoms with Gasteiger partial charge in [-0.15, -0.1) is 11.3 Å². The molecule has 0 saturated heterocycles. The van der Waals surface area contributed by atoms with Gasteiger partial charge in [0.15, 0.2) is 11.9 Å². The van der Waals surface area contributed by atoms with Crippen molar-refractivity contribution in [2.45, 2.75) is 13.0 Å². The number of anilines is 1. The molecular formula is C25H18ClN3O3S. The number of benzene rings is 2. The van der Waals surface area contributed by atoms with Crippen molar-refractivity contribution in [3.63, 3.8) is 0 Å². The molecule has 4 aromatic rings. The second kappa shape index (κ2) is 8.77. The Morgan fingerprint density at radius 1 is 1.12 bits per heavy atom. The SMILES string of the molecule is CC1Oc2ccc(-c3csc(-c4ccccn4)n3)cc2N(CC(=O)c2ccc(Cl)cc2)C1=O. The van der Waals surface area contributed by atoms with Crippen LogP contribution >= 0.6 is 22.9 Å². The number of fused-ring (bicyclic) bond motifs is 1. The summed E-state index contributed by atoms with van der Waals surface area (Å²) in [7, 11) is 0. The van der Waals surface area contributed by atoms with Crippen molar-refractivity contribution in [1.82, 2.24) is 9.97 Å². The van der Waals surface area contributed by atoms with Gasteiger partial charge in [0.2, 0.25) is 0 Å². The Hall–Kier alpha value is -3.55. The summed E-state index contributed by atoms with van der Waals surface area (Å²) < 4.78 is 5.79. The van der Waals surface area contributed by atoms with E-state index in [1.165, 1.54) is 16.2 Å². The second-order valence-electron chi connectivity index (χ2n) is 7.55. The molecule has 33 heavy (non-hydrogen) atoms. The number of ketones is 1. The minimum absolute atomic E-state index is 0.0964. The van der Waals surface area contributed by atoms with Crippen LogP contribution in [0.4, 0.5) is 5.69 Å². The van der Waals surface area contributed by atoms with Crippen LogP contribution in [-0.4, -0.2) is 34.3 Å². The Balaban J connectivity index is 1.48. The van der Waals surface area contributed by atoms with Crippen LogP contribution in [0.2, 0.25) is 5.02 Å². The number of hydrogen-bond donors (Lipinski definition) is 0. The van der Waals surface area contributed by atoms with E-state index in [9.17, 15) is 9.59 Å². The van der Waals surface area contributed by atoms with Gasteiger partial charge in [-0.3, -0.25) is 19.5 Å². The van der Waals surface area contributed by atoms with Crippen LogP contribution in [0, 0.1) is 0 Å².